The largest absolute Gasteiger partial charge is 0.480 e. The van der Waals surface area contributed by atoms with Crippen LogP contribution < -0.4 is 5.32 Å². The zero-order valence-corrected chi connectivity index (χ0v) is 12.2. The average Bonchev–Trinajstić information content (AvgIpc) is 2.89. The molecule has 0 spiro atoms. The van der Waals surface area contributed by atoms with Crippen LogP contribution in [0.15, 0.2) is 0 Å². The van der Waals surface area contributed by atoms with Gasteiger partial charge in [0.25, 0.3) is 0 Å². The molecule has 0 aliphatic carbocycles. The Morgan fingerprint density at radius 2 is 2.15 bits per heavy atom. The molecule has 1 aliphatic rings. The van der Waals surface area contributed by atoms with Crippen molar-refractivity contribution >= 4 is 12.0 Å². The minimum atomic E-state index is -0.974. The molecule has 0 radical (unpaired) electrons. The van der Waals surface area contributed by atoms with Gasteiger partial charge >= 0.3 is 12.0 Å². The first-order valence-electron chi connectivity index (χ1n) is 7.51. The minimum Gasteiger partial charge on any atom is -0.480 e. The molecule has 3 N–H and O–H groups in total. The van der Waals surface area contributed by atoms with E-state index < -0.39 is 12.0 Å². The summed E-state index contributed by atoms with van der Waals surface area (Å²) in [5.74, 6) is -0.974. The number of unbranched alkanes of at least 4 members (excludes halogenated alkanes) is 1. The highest BCUT2D eigenvalue weighted by Gasteiger charge is 2.30. The van der Waals surface area contributed by atoms with E-state index in [1.165, 1.54) is 0 Å². The van der Waals surface area contributed by atoms with Gasteiger partial charge in [0.15, 0.2) is 0 Å². The average molecular weight is 286 g/mol. The summed E-state index contributed by atoms with van der Waals surface area (Å²) in [6.07, 6.45) is 5.47. The number of likely N-dealkylation sites (tertiary alicyclic amines) is 1. The van der Waals surface area contributed by atoms with Crippen LogP contribution in [-0.4, -0.2) is 52.3 Å². The number of carbonyl (C=O) groups is 2. The lowest BCUT2D eigenvalue weighted by molar-refractivity contribution is -0.139. The van der Waals surface area contributed by atoms with Crippen molar-refractivity contribution in [3.8, 4) is 0 Å². The number of carboxylic acids is 1. The molecule has 0 aromatic heterocycles. The fourth-order valence-corrected chi connectivity index (χ4v) is 2.63. The van der Waals surface area contributed by atoms with E-state index in [2.05, 4.69) is 5.32 Å². The van der Waals surface area contributed by atoms with Gasteiger partial charge in [-0.1, -0.05) is 19.8 Å². The molecule has 1 saturated heterocycles. The summed E-state index contributed by atoms with van der Waals surface area (Å²) in [5, 5.41) is 20.6. The second-order valence-corrected chi connectivity index (χ2v) is 5.34. The molecule has 2 atom stereocenters. The SMILES string of the molecule is CCCCC(NC(=O)N1CCCC1CCCO)C(=O)O. The van der Waals surface area contributed by atoms with Crippen molar-refractivity contribution < 1.29 is 19.8 Å². The van der Waals surface area contributed by atoms with Gasteiger partial charge in [0.2, 0.25) is 0 Å². The Labute approximate surface area is 120 Å². The first kappa shape index (κ1) is 16.8. The van der Waals surface area contributed by atoms with Crippen LogP contribution in [0.1, 0.15) is 51.9 Å². The number of nitrogens with zero attached hydrogens (tertiary/aromatic N) is 1. The molecule has 6 nitrogen and oxygen atoms in total. The fraction of sp³-hybridized carbons (Fsp3) is 0.857. The van der Waals surface area contributed by atoms with Crippen molar-refractivity contribution in [2.45, 2.75) is 64.0 Å². The maximum Gasteiger partial charge on any atom is 0.326 e. The number of carboxylic acid groups (broad SMARTS) is 1. The second kappa shape index (κ2) is 8.79. The zero-order chi connectivity index (χ0) is 15.0. The first-order chi connectivity index (χ1) is 9.60. The molecular formula is C14H26N2O4. The van der Waals surface area contributed by atoms with Crippen LogP contribution >= 0.6 is 0 Å². The number of carbonyl (C=O) groups excluding carboxylic acids is 1. The number of aliphatic carboxylic acids is 1. The maximum absolute atomic E-state index is 12.2. The lowest BCUT2D eigenvalue weighted by Gasteiger charge is -2.26. The van der Waals surface area contributed by atoms with E-state index in [1.807, 2.05) is 6.92 Å². The summed E-state index contributed by atoms with van der Waals surface area (Å²) in [7, 11) is 0. The lowest BCUT2D eigenvalue weighted by atomic mass is 10.1. The van der Waals surface area contributed by atoms with Crippen molar-refractivity contribution in [3.05, 3.63) is 0 Å². The van der Waals surface area contributed by atoms with Gasteiger partial charge in [-0.15, -0.1) is 0 Å². The Balaban J connectivity index is 2.51. The van der Waals surface area contributed by atoms with Crippen molar-refractivity contribution in [1.29, 1.82) is 0 Å². The van der Waals surface area contributed by atoms with E-state index in [0.29, 0.717) is 19.4 Å². The molecule has 0 aromatic rings. The third-order valence-electron chi connectivity index (χ3n) is 3.78. The first-order valence-corrected chi connectivity index (χ1v) is 7.51. The van der Waals surface area contributed by atoms with Crippen LogP contribution in [0.5, 0.6) is 0 Å². The molecule has 1 rings (SSSR count). The summed E-state index contributed by atoms with van der Waals surface area (Å²) in [4.78, 5) is 25.0. The van der Waals surface area contributed by atoms with Crippen molar-refractivity contribution in [3.63, 3.8) is 0 Å². The van der Waals surface area contributed by atoms with Gasteiger partial charge < -0.3 is 20.4 Å². The third kappa shape index (κ3) is 5.00. The van der Waals surface area contributed by atoms with Gasteiger partial charge in [-0.25, -0.2) is 9.59 Å². The molecule has 2 amide bonds. The number of aliphatic hydroxyl groups excluding tert-OH is 1. The molecule has 2 unspecified atom stereocenters. The quantitative estimate of drug-likeness (QED) is 0.632. The normalized spacial score (nSPS) is 19.9. The Hall–Kier alpha value is -1.30. The van der Waals surface area contributed by atoms with Gasteiger partial charge in [0.05, 0.1) is 0 Å². The number of nitrogens with one attached hydrogen (secondary N) is 1. The van der Waals surface area contributed by atoms with Crippen LogP contribution in [0.25, 0.3) is 0 Å². The topological polar surface area (TPSA) is 89.9 Å². The number of hydrogen-bond donors (Lipinski definition) is 3. The second-order valence-electron chi connectivity index (χ2n) is 5.34. The summed E-state index contributed by atoms with van der Waals surface area (Å²) in [5.41, 5.74) is 0. The molecule has 20 heavy (non-hydrogen) atoms. The van der Waals surface area contributed by atoms with Crippen LogP contribution in [0.4, 0.5) is 4.79 Å². The van der Waals surface area contributed by atoms with Gasteiger partial charge in [0.1, 0.15) is 6.04 Å². The van der Waals surface area contributed by atoms with E-state index in [-0.39, 0.29) is 18.7 Å². The van der Waals surface area contributed by atoms with E-state index in [1.54, 1.807) is 4.90 Å². The van der Waals surface area contributed by atoms with Gasteiger partial charge in [-0.3, -0.25) is 0 Å². The zero-order valence-electron chi connectivity index (χ0n) is 12.2. The maximum atomic E-state index is 12.2. The highest BCUT2D eigenvalue weighted by molar-refractivity contribution is 5.82. The Kier molecular flexibility index (Phi) is 7.36. The number of aliphatic hydroxyl groups is 1. The molecule has 0 bridgehead atoms. The predicted molar refractivity (Wildman–Crippen MR) is 75.5 cm³/mol. The molecule has 0 aromatic carbocycles. The summed E-state index contributed by atoms with van der Waals surface area (Å²) < 4.78 is 0. The van der Waals surface area contributed by atoms with Gasteiger partial charge in [-0.05, 0) is 32.1 Å². The number of amides is 2. The smallest absolute Gasteiger partial charge is 0.326 e. The minimum absolute atomic E-state index is 0.125. The Bertz CT molecular complexity index is 322. The summed E-state index contributed by atoms with van der Waals surface area (Å²) >= 11 is 0. The summed E-state index contributed by atoms with van der Waals surface area (Å²) in [6, 6.07) is -0.960. The van der Waals surface area contributed by atoms with Crippen molar-refractivity contribution in [1.82, 2.24) is 10.2 Å². The lowest BCUT2D eigenvalue weighted by Crippen LogP contribution is -2.49. The highest BCUT2D eigenvalue weighted by atomic mass is 16.4. The Morgan fingerprint density at radius 1 is 1.40 bits per heavy atom. The molecule has 116 valence electrons. The molecule has 0 saturated carbocycles. The van der Waals surface area contributed by atoms with Crippen molar-refractivity contribution in [2.24, 2.45) is 0 Å². The molecule has 1 fully saturated rings. The van der Waals surface area contributed by atoms with Crippen LogP contribution in [0, 0.1) is 0 Å². The van der Waals surface area contributed by atoms with Crippen molar-refractivity contribution in [2.75, 3.05) is 13.2 Å². The van der Waals surface area contributed by atoms with Crippen LogP contribution in [-0.2, 0) is 4.79 Å². The van der Waals surface area contributed by atoms with Crippen LogP contribution in [0.3, 0.4) is 0 Å². The van der Waals surface area contributed by atoms with E-state index >= 15 is 0 Å². The summed E-state index contributed by atoms with van der Waals surface area (Å²) in [6.45, 7) is 2.79. The third-order valence-corrected chi connectivity index (χ3v) is 3.78. The standard InChI is InChI=1S/C14H26N2O4/c1-2-3-8-12(13(18)19)15-14(20)16-9-4-6-11(16)7-5-10-17/h11-12,17H,2-10H2,1H3,(H,15,20)(H,18,19). The monoisotopic (exact) mass is 286 g/mol. The number of hydrogen-bond acceptors (Lipinski definition) is 3. The van der Waals surface area contributed by atoms with Crippen LogP contribution in [0.2, 0.25) is 0 Å². The predicted octanol–water partition coefficient (Wildman–Crippen LogP) is 1.58. The number of rotatable bonds is 8. The molecule has 1 aliphatic heterocycles. The molecule has 1 heterocycles. The van der Waals surface area contributed by atoms with Gasteiger partial charge in [-0.2, -0.15) is 0 Å². The molecular weight excluding hydrogens is 260 g/mol. The van der Waals surface area contributed by atoms with E-state index in [9.17, 15) is 9.59 Å². The van der Waals surface area contributed by atoms with Gasteiger partial charge in [0, 0.05) is 19.2 Å². The highest BCUT2D eigenvalue weighted by Crippen LogP contribution is 2.21. The molecule has 6 heteroatoms. The number of urea groups is 1. The van der Waals surface area contributed by atoms with E-state index in [0.717, 1.165) is 32.1 Å². The fourth-order valence-electron chi connectivity index (χ4n) is 2.63. The Morgan fingerprint density at radius 3 is 2.75 bits per heavy atom. The van der Waals surface area contributed by atoms with E-state index in [4.69, 9.17) is 10.2 Å².